The number of β-amino-alcohol motifs (C(OH)–C–C–N with tert-alkyl or cyclic N) is 1. The highest BCUT2D eigenvalue weighted by molar-refractivity contribution is 5.43. The second-order valence-corrected chi connectivity index (χ2v) is 5.81. The molecular weight excluding hydrogens is 266 g/mol. The third kappa shape index (κ3) is 4.11. The first-order valence-electron chi connectivity index (χ1n) is 7.80. The lowest BCUT2D eigenvalue weighted by Gasteiger charge is -2.33. The molecule has 0 bridgehead atoms. The number of methoxy groups -OCH3 is 2. The summed E-state index contributed by atoms with van der Waals surface area (Å²) >= 11 is 0. The van der Waals surface area contributed by atoms with Crippen LogP contribution in [0.25, 0.3) is 0 Å². The summed E-state index contributed by atoms with van der Waals surface area (Å²) in [4.78, 5) is 2.37. The average Bonchev–Trinajstić information content (AvgIpc) is 2.54. The van der Waals surface area contributed by atoms with Gasteiger partial charge >= 0.3 is 0 Å². The molecule has 0 radical (unpaired) electrons. The molecule has 2 rings (SSSR count). The lowest BCUT2D eigenvalue weighted by atomic mass is 9.95. The molecule has 21 heavy (non-hydrogen) atoms. The molecule has 4 heteroatoms. The largest absolute Gasteiger partial charge is 0.493 e. The van der Waals surface area contributed by atoms with Crippen LogP contribution >= 0.6 is 0 Å². The van der Waals surface area contributed by atoms with E-state index < -0.39 is 6.10 Å². The lowest BCUT2D eigenvalue weighted by Crippen LogP contribution is -2.37. The number of hydrogen-bond donors (Lipinski definition) is 1. The van der Waals surface area contributed by atoms with E-state index in [0.29, 0.717) is 18.0 Å². The summed E-state index contributed by atoms with van der Waals surface area (Å²) in [7, 11) is 3.23. The summed E-state index contributed by atoms with van der Waals surface area (Å²) < 4.78 is 10.5. The van der Waals surface area contributed by atoms with Gasteiger partial charge in [-0.05, 0) is 43.0 Å². The minimum atomic E-state index is -0.486. The molecule has 1 aliphatic heterocycles. The van der Waals surface area contributed by atoms with Gasteiger partial charge in [0.15, 0.2) is 11.5 Å². The third-order valence-corrected chi connectivity index (χ3v) is 4.40. The average molecular weight is 293 g/mol. The summed E-state index contributed by atoms with van der Waals surface area (Å²) in [6, 6.07) is 5.63. The van der Waals surface area contributed by atoms with Gasteiger partial charge < -0.3 is 19.5 Å². The molecule has 0 aliphatic carbocycles. The SMILES string of the molecule is CCC1CCCN(CC(O)c2ccc(OC)c(OC)c2)C1. The van der Waals surface area contributed by atoms with Gasteiger partial charge in [-0.1, -0.05) is 19.4 Å². The smallest absolute Gasteiger partial charge is 0.161 e. The predicted molar refractivity (Wildman–Crippen MR) is 84.0 cm³/mol. The molecule has 0 amide bonds. The molecule has 0 spiro atoms. The molecule has 2 atom stereocenters. The number of ether oxygens (including phenoxy) is 2. The van der Waals surface area contributed by atoms with Crippen molar-refractivity contribution in [2.45, 2.75) is 32.3 Å². The highest BCUT2D eigenvalue weighted by Gasteiger charge is 2.21. The molecule has 1 aromatic rings. The Morgan fingerprint density at radius 2 is 2.05 bits per heavy atom. The number of aliphatic hydroxyl groups is 1. The molecule has 1 aromatic carbocycles. The number of hydrogen-bond acceptors (Lipinski definition) is 4. The van der Waals surface area contributed by atoms with Gasteiger partial charge in [-0.3, -0.25) is 0 Å². The highest BCUT2D eigenvalue weighted by atomic mass is 16.5. The van der Waals surface area contributed by atoms with Gasteiger partial charge in [0.05, 0.1) is 20.3 Å². The van der Waals surface area contributed by atoms with Crippen LogP contribution in [0.1, 0.15) is 37.9 Å². The summed E-state index contributed by atoms with van der Waals surface area (Å²) in [5.74, 6) is 2.13. The summed E-state index contributed by atoms with van der Waals surface area (Å²) in [6.45, 7) is 5.12. The Morgan fingerprint density at radius 1 is 1.29 bits per heavy atom. The number of benzene rings is 1. The molecule has 1 aliphatic rings. The second kappa shape index (κ2) is 7.66. The molecule has 0 aromatic heterocycles. The normalized spacial score (nSPS) is 21.0. The van der Waals surface area contributed by atoms with E-state index in [9.17, 15) is 5.11 Å². The van der Waals surface area contributed by atoms with Crippen molar-refractivity contribution in [3.8, 4) is 11.5 Å². The molecule has 1 saturated heterocycles. The van der Waals surface area contributed by atoms with Gasteiger partial charge in [0.2, 0.25) is 0 Å². The highest BCUT2D eigenvalue weighted by Crippen LogP contribution is 2.30. The van der Waals surface area contributed by atoms with E-state index in [-0.39, 0.29) is 0 Å². The van der Waals surface area contributed by atoms with Crippen LogP contribution in [-0.2, 0) is 0 Å². The van der Waals surface area contributed by atoms with Gasteiger partial charge in [-0.25, -0.2) is 0 Å². The van der Waals surface area contributed by atoms with Gasteiger partial charge in [-0.15, -0.1) is 0 Å². The van der Waals surface area contributed by atoms with Crippen molar-refractivity contribution in [3.05, 3.63) is 23.8 Å². The van der Waals surface area contributed by atoms with E-state index in [1.54, 1.807) is 14.2 Å². The minimum absolute atomic E-state index is 0.486. The first-order valence-corrected chi connectivity index (χ1v) is 7.80. The van der Waals surface area contributed by atoms with Gasteiger partial charge in [0.1, 0.15) is 0 Å². The van der Waals surface area contributed by atoms with E-state index in [0.717, 1.165) is 24.6 Å². The first kappa shape index (κ1) is 16.1. The molecular formula is C17H27NO3. The zero-order chi connectivity index (χ0) is 15.2. The maximum Gasteiger partial charge on any atom is 0.161 e. The Bertz CT molecular complexity index is 450. The van der Waals surface area contributed by atoms with Crippen LogP contribution in [-0.4, -0.2) is 43.9 Å². The molecule has 1 heterocycles. The Hall–Kier alpha value is -1.26. The van der Waals surface area contributed by atoms with Crippen molar-refractivity contribution in [1.29, 1.82) is 0 Å². The van der Waals surface area contributed by atoms with Crippen LogP contribution < -0.4 is 9.47 Å². The summed E-state index contributed by atoms with van der Waals surface area (Å²) in [5, 5.41) is 10.5. The summed E-state index contributed by atoms with van der Waals surface area (Å²) in [5.41, 5.74) is 0.881. The zero-order valence-corrected chi connectivity index (χ0v) is 13.3. The fraction of sp³-hybridized carbons (Fsp3) is 0.647. The van der Waals surface area contributed by atoms with E-state index in [1.165, 1.54) is 19.3 Å². The van der Waals surface area contributed by atoms with Crippen LogP contribution in [0.4, 0.5) is 0 Å². The van der Waals surface area contributed by atoms with Gasteiger partial charge in [0.25, 0.3) is 0 Å². The number of nitrogens with zero attached hydrogens (tertiary/aromatic N) is 1. The Balaban J connectivity index is 2.01. The molecule has 1 fully saturated rings. The van der Waals surface area contributed by atoms with Crippen LogP contribution in [0.3, 0.4) is 0 Å². The van der Waals surface area contributed by atoms with E-state index in [2.05, 4.69) is 11.8 Å². The Labute approximate surface area is 127 Å². The predicted octanol–water partition coefficient (Wildman–Crippen LogP) is 2.86. The minimum Gasteiger partial charge on any atom is -0.493 e. The monoisotopic (exact) mass is 293 g/mol. The van der Waals surface area contributed by atoms with Crippen LogP contribution in [0, 0.1) is 5.92 Å². The van der Waals surface area contributed by atoms with Crippen molar-refractivity contribution >= 4 is 0 Å². The number of aliphatic hydroxyl groups excluding tert-OH is 1. The topological polar surface area (TPSA) is 41.9 Å². The molecule has 1 N–H and O–H groups in total. The van der Waals surface area contributed by atoms with Gasteiger partial charge in [-0.2, -0.15) is 0 Å². The zero-order valence-electron chi connectivity index (χ0n) is 13.3. The van der Waals surface area contributed by atoms with Gasteiger partial charge in [0, 0.05) is 13.1 Å². The molecule has 2 unspecified atom stereocenters. The fourth-order valence-electron chi connectivity index (χ4n) is 3.06. The van der Waals surface area contributed by atoms with E-state index in [1.807, 2.05) is 18.2 Å². The van der Waals surface area contributed by atoms with Crippen LogP contribution in [0.5, 0.6) is 11.5 Å². The fourth-order valence-corrected chi connectivity index (χ4v) is 3.06. The summed E-state index contributed by atoms with van der Waals surface area (Å²) in [6.07, 6.45) is 3.29. The number of likely N-dealkylation sites (tertiary alicyclic amines) is 1. The van der Waals surface area contributed by atoms with E-state index >= 15 is 0 Å². The maximum atomic E-state index is 10.5. The number of piperidine rings is 1. The Kier molecular flexibility index (Phi) is 5.88. The van der Waals surface area contributed by atoms with Crippen LogP contribution in [0.2, 0.25) is 0 Å². The van der Waals surface area contributed by atoms with E-state index in [4.69, 9.17) is 9.47 Å². The number of rotatable bonds is 6. The van der Waals surface area contributed by atoms with Crippen molar-refractivity contribution in [1.82, 2.24) is 4.90 Å². The Morgan fingerprint density at radius 3 is 2.71 bits per heavy atom. The first-order chi connectivity index (χ1) is 10.2. The van der Waals surface area contributed by atoms with Crippen molar-refractivity contribution in [3.63, 3.8) is 0 Å². The van der Waals surface area contributed by atoms with Crippen molar-refractivity contribution in [2.24, 2.45) is 5.92 Å². The lowest BCUT2D eigenvalue weighted by molar-refractivity contribution is 0.0834. The standard InChI is InChI=1S/C17H27NO3/c1-4-13-6-5-9-18(11-13)12-15(19)14-7-8-16(20-2)17(10-14)21-3/h7-8,10,13,15,19H,4-6,9,11-12H2,1-3H3. The second-order valence-electron chi connectivity index (χ2n) is 5.81. The third-order valence-electron chi connectivity index (χ3n) is 4.40. The van der Waals surface area contributed by atoms with Crippen molar-refractivity contribution in [2.75, 3.05) is 33.9 Å². The van der Waals surface area contributed by atoms with Crippen molar-refractivity contribution < 1.29 is 14.6 Å². The quantitative estimate of drug-likeness (QED) is 0.876. The molecule has 4 nitrogen and oxygen atoms in total. The van der Waals surface area contributed by atoms with Crippen LogP contribution in [0.15, 0.2) is 18.2 Å². The molecule has 118 valence electrons. The maximum absolute atomic E-state index is 10.5. The molecule has 0 saturated carbocycles.